The molecule has 0 saturated carbocycles. The smallest absolute Gasteiger partial charge is 0.137 e. The highest BCUT2D eigenvalue weighted by Gasteiger charge is 2.23. The van der Waals surface area contributed by atoms with Crippen molar-refractivity contribution in [3.05, 3.63) is 11.4 Å². The molecule has 2 rings (SSSR count). The molecule has 0 aromatic carbocycles. The number of rotatable bonds is 4. The van der Waals surface area contributed by atoms with Crippen molar-refractivity contribution in [2.24, 2.45) is 0 Å². The molecule has 112 valence electrons. The zero-order chi connectivity index (χ0) is 14.7. The van der Waals surface area contributed by atoms with Crippen LogP contribution in [0.2, 0.25) is 0 Å². The number of nitrogens with one attached hydrogen (secondary N) is 1. The molecule has 0 unspecified atom stereocenters. The standard InChI is InChI=1S/C15H27N5/c1-6-13-17-14(16-3)11(2)15(18-13)20-9-7-12(8-10-20)19(4)5/h12H,6-10H2,1-5H3,(H,16,17,18). The van der Waals surface area contributed by atoms with E-state index in [1.54, 1.807) is 0 Å². The number of aromatic nitrogens is 2. The lowest BCUT2D eigenvalue weighted by Crippen LogP contribution is -2.42. The van der Waals surface area contributed by atoms with Crippen molar-refractivity contribution in [2.45, 2.75) is 39.2 Å². The molecule has 1 N–H and O–H groups in total. The van der Waals surface area contributed by atoms with Crippen LogP contribution in [0, 0.1) is 6.92 Å². The van der Waals surface area contributed by atoms with E-state index >= 15 is 0 Å². The van der Waals surface area contributed by atoms with Crippen LogP contribution >= 0.6 is 0 Å². The molecule has 20 heavy (non-hydrogen) atoms. The molecule has 2 heterocycles. The molecule has 0 spiro atoms. The molecule has 0 radical (unpaired) electrons. The maximum absolute atomic E-state index is 4.75. The summed E-state index contributed by atoms with van der Waals surface area (Å²) in [5, 5.41) is 3.19. The monoisotopic (exact) mass is 277 g/mol. The summed E-state index contributed by atoms with van der Waals surface area (Å²) >= 11 is 0. The highest BCUT2D eigenvalue weighted by molar-refractivity contribution is 5.58. The van der Waals surface area contributed by atoms with Gasteiger partial charge in [-0.1, -0.05) is 6.92 Å². The second-order valence-electron chi connectivity index (χ2n) is 5.72. The predicted octanol–water partition coefficient (Wildman–Crippen LogP) is 1.92. The summed E-state index contributed by atoms with van der Waals surface area (Å²) in [5.74, 6) is 2.99. The number of aryl methyl sites for hydroxylation is 1. The van der Waals surface area contributed by atoms with Crippen molar-refractivity contribution in [3.8, 4) is 0 Å². The van der Waals surface area contributed by atoms with E-state index in [1.807, 2.05) is 7.05 Å². The summed E-state index contributed by atoms with van der Waals surface area (Å²) in [4.78, 5) is 14.1. The van der Waals surface area contributed by atoms with Gasteiger partial charge < -0.3 is 15.1 Å². The molecular formula is C15H27N5. The fourth-order valence-electron chi connectivity index (χ4n) is 2.85. The number of hydrogen-bond donors (Lipinski definition) is 1. The molecule has 1 saturated heterocycles. The zero-order valence-corrected chi connectivity index (χ0v) is 13.4. The second-order valence-corrected chi connectivity index (χ2v) is 5.72. The highest BCUT2D eigenvalue weighted by Crippen LogP contribution is 2.27. The molecule has 1 aromatic heterocycles. The molecule has 0 bridgehead atoms. The molecule has 5 heteroatoms. The number of piperidine rings is 1. The van der Waals surface area contributed by atoms with Crippen LogP contribution in [-0.4, -0.2) is 55.1 Å². The van der Waals surface area contributed by atoms with E-state index in [4.69, 9.17) is 4.98 Å². The van der Waals surface area contributed by atoms with E-state index < -0.39 is 0 Å². The summed E-state index contributed by atoms with van der Waals surface area (Å²) < 4.78 is 0. The van der Waals surface area contributed by atoms with Gasteiger partial charge in [-0.05, 0) is 33.9 Å². The van der Waals surface area contributed by atoms with Gasteiger partial charge in [-0.2, -0.15) is 0 Å². The van der Waals surface area contributed by atoms with Crippen LogP contribution in [0.1, 0.15) is 31.2 Å². The van der Waals surface area contributed by atoms with E-state index in [1.165, 1.54) is 12.8 Å². The molecule has 0 atom stereocenters. The molecule has 0 amide bonds. The van der Waals surface area contributed by atoms with Crippen LogP contribution in [0.25, 0.3) is 0 Å². The fraction of sp³-hybridized carbons (Fsp3) is 0.733. The molecular weight excluding hydrogens is 250 g/mol. The summed E-state index contributed by atoms with van der Waals surface area (Å²) in [6.45, 7) is 6.37. The first-order chi connectivity index (χ1) is 9.56. The Morgan fingerprint density at radius 1 is 1.25 bits per heavy atom. The lowest BCUT2D eigenvalue weighted by atomic mass is 10.0. The highest BCUT2D eigenvalue weighted by atomic mass is 15.2. The zero-order valence-electron chi connectivity index (χ0n) is 13.4. The van der Waals surface area contributed by atoms with Crippen LogP contribution < -0.4 is 10.2 Å². The Kier molecular flexibility index (Phi) is 4.81. The Labute approximate surface area is 122 Å². The van der Waals surface area contributed by atoms with Crippen LogP contribution in [0.4, 0.5) is 11.6 Å². The van der Waals surface area contributed by atoms with E-state index in [-0.39, 0.29) is 0 Å². The van der Waals surface area contributed by atoms with Gasteiger partial charge in [0.1, 0.15) is 17.5 Å². The molecule has 1 aliphatic rings. The topological polar surface area (TPSA) is 44.3 Å². The largest absolute Gasteiger partial charge is 0.373 e. The summed E-state index contributed by atoms with van der Waals surface area (Å²) in [7, 11) is 6.27. The van der Waals surface area contributed by atoms with E-state index in [2.05, 4.69) is 48.0 Å². The van der Waals surface area contributed by atoms with Crippen LogP contribution in [-0.2, 0) is 6.42 Å². The minimum Gasteiger partial charge on any atom is -0.373 e. The Hall–Kier alpha value is -1.36. The molecule has 1 fully saturated rings. The van der Waals surface area contributed by atoms with Gasteiger partial charge in [0.25, 0.3) is 0 Å². The lowest BCUT2D eigenvalue weighted by Gasteiger charge is -2.36. The van der Waals surface area contributed by atoms with Gasteiger partial charge in [-0.15, -0.1) is 0 Å². The van der Waals surface area contributed by atoms with E-state index in [0.717, 1.165) is 42.5 Å². The Bertz CT molecular complexity index is 450. The van der Waals surface area contributed by atoms with Gasteiger partial charge in [0.2, 0.25) is 0 Å². The van der Waals surface area contributed by atoms with Gasteiger partial charge >= 0.3 is 0 Å². The lowest BCUT2D eigenvalue weighted by molar-refractivity contribution is 0.249. The fourth-order valence-corrected chi connectivity index (χ4v) is 2.85. The Balaban J connectivity index is 2.21. The maximum Gasteiger partial charge on any atom is 0.137 e. The van der Waals surface area contributed by atoms with Gasteiger partial charge in [-0.25, -0.2) is 9.97 Å². The molecule has 0 aliphatic carbocycles. The average molecular weight is 277 g/mol. The first-order valence-corrected chi connectivity index (χ1v) is 7.53. The number of nitrogens with zero attached hydrogens (tertiary/aromatic N) is 4. The third kappa shape index (κ3) is 3.03. The van der Waals surface area contributed by atoms with Crippen molar-refractivity contribution in [1.29, 1.82) is 0 Å². The quantitative estimate of drug-likeness (QED) is 0.911. The van der Waals surface area contributed by atoms with Crippen LogP contribution in [0.15, 0.2) is 0 Å². The van der Waals surface area contributed by atoms with Gasteiger partial charge in [0.05, 0.1) is 0 Å². The normalized spacial score (nSPS) is 16.8. The average Bonchev–Trinajstić information content (AvgIpc) is 2.47. The van der Waals surface area contributed by atoms with Crippen molar-refractivity contribution in [2.75, 3.05) is 44.4 Å². The third-order valence-electron chi connectivity index (χ3n) is 4.21. The third-order valence-corrected chi connectivity index (χ3v) is 4.21. The Morgan fingerprint density at radius 2 is 1.90 bits per heavy atom. The van der Waals surface area contributed by atoms with Gasteiger partial charge in [-0.3, -0.25) is 0 Å². The van der Waals surface area contributed by atoms with Gasteiger partial charge in [0.15, 0.2) is 0 Å². The Morgan fingerprint density at radius 3 is 2.40 bits per heavy atom. The van der Waals surface area contributed by atoms with Crippen molar-refractivity contribution < 1.29 is 0 Å². The van der Waals surface area contributed by atoms with E-state index in [9.17, 15) is 0 Å². The molecule has 1 aliphatic heterocycles. The van der Waals surface area contributed by atoms with Crippen LogP contribution in [0.5, 0.6) is 0 Å². The maximum atomic E-state index is 4.75. The summed E-state index contributed by atoms with van der Waals surface area (Å²) in [6.07, 6.45) is 3.27. The second kappa shape index (κ2) is 6.39. The number of hydrogen-bond acceptors (Lipinski definition) is 5. The van der Waals surface area contributed by atoms with Gasteiger partial charge in [0, 0.05) is 38.2 Å². The number of anilines is 2. The van der Waals surface area contributed by atoms with E-state index in [0.29, 0.717) is 6.04 Å². The minimum atomic E-state index is 0.697. The van der Waals surface area contributed by atoms with Crippen molar-refractivity contribution >= 4 is 11.6 Å². The van der Waals surface area contributed by atoms with Crippen molar-refractivity contribution in [1.82, 2.24) is 14.9 Å². The van der Waals surface area contributed by atoms with Crippen LogP contribution in [0.3, 0.4) is 0 Å². The first kappa shape index (κ1) is 15.0. The minimum absolute atomic E-state index is 0.697. The summed E-state index contributed by atoms with van der Waals surface area (Å²) in [6, 6.07) is 0.697. The first-order valence-electron chi connectivity index (χ1n) is 7.53. The van der Waals surface area contributed by atoms with Crippen molar-refractivity contribution in [3.63, 3.8) is 0 Å². The summed E-state index contributed by atoms with van der Waals surface area (Å²) in [5.41, 5.74) is 1.16. The predicted molar refractivity (Wildman–Crippen MR) is 84.6 cm³/mol. The SMILES string of the molecule is CCc1nc(NC)c(C)c(N2CCC(N(C)C)CC2)n1. The molecule has 1 aromatic rings. The molecule has 5 nitrogen and oxygen atoms in total.